The minimum atomic E-state index is -2.93. The standard InChI is InChI=1S/C12H25O3P/c1-5-7-9-14-16(13,11-12(3)4)15-10-8-6-2/h3,5-11H2,1-2,4H3. The molecule has 96 valence electrons. The van der Waals surface area contributed by atoms with E-state index in [1.807, 2.05) is 6.92 Å². The van der Waals surface area contributed by atoms with Crippen molar-refractivity contribution in [2.75, 3.05) is 19.4 Å². The Morgan fingerprint density at radius 3 is 1.88 bits per heavy atom. The lowest BCUT2D eigenvalue weighted by Crippen LogP contribution is -2.03. The molecule has 0 aromatic rings. The molecular weight excluding hydrogens is 223 g/mol. The highest BCUT2D eigenvalue weighted by Crippen LogP contribution is 2.49. The van der Waals surface area contributed by atoms with Crippen molar-refractivity contribution in [1.82, 2.24) is 0 Å². The monoisotopic (exact) mass is 248 g/mol. The second kappa shape index (κ2) is 8.98. The van der Waals surface area contributed by atoms with Crippen molar-refractivity contribution in [1.29, 1.82) is 0 Å². The fourth-order valence-electron chi connectivity index (χ4n) is 1.16. The molecule has 3 nitrogen and oxygen atoms in total. The molecule has 0 radical (unpaired) electrons. The maximum atomic E-state index is 12.3. The van der Waals surface area contributed by atoms with Gasteiger partial charge in [0.15, 0.2) is 0 Å². The van der Waals surface area contributed by atoms with Gasteiger partial charge in [0.25, 0.3) is 0 Å². The number of allylic oxidation sites excluding steroid dienone is 1. The normalized spacial score (nSPS) is 11.7. The molecule has 0 saturated carbocycles. The summed E-state index contributed by atoms with van der Waals surface area (Å²) < 4.78 is 23.1. The topological polar surface area (TPSA) is 35.5 Å². The van der Waals surface area contributed by atoms with Crippen LogP contribution in [-0.2, 0) is 13.6 Å². The molecule has 0 spiro atoms. The minimum Gasteiger partial charge on any atom is -0.308 e. The molecule has 16 heavy (non-hydrogen) atoms. The highest BCUT2D eigenvalue weighted by atomic mass is 31.2. The zero-order valence-electron chi connectivity index (χ0n) is 10.8. The number of hydrogen-bond donors (Lipinski definition) is 0. The Bertz CT molecular complexity index is 224. The summed E-state index contributed by atoms with van der Waals surface area (Å²) >= 11 is 0. The summed E-state index contributed by atoms with van der Waals surface area (Å²) in [6.07, 6.45) is 4.22. The SMILES string of the molecule is C=C(C)CP(=O)(OCCCC)OCCCC. The summed E-state index contributed by atoms with van der Waals surface area (Å²) in [7, 11) is -2.93. The maximum Gasteiger partial charge on any atom is 0.334 e. The summed E-state index contributed by atoms with van der Waals surface area (Å²) in [5, 5.41) is 0. The van der Waals surface area contributed by atoms with Gasteiger partial charge in [-0.2, -0.15) is 0 Å². The third kappa shape index (κ3) is 8.09. The number of unbranched alkanes of at least 4 members (excludes halogenated alkanes) is 2. The molecule has 0 amide bonds. The highest BCUT2D eigenvalue weighted by Gasteiger charge is 2.24. The Morgan fingerprint density at radius 2 is 1.56 bits per heavy atom. The van der Waals surface area contributed by atoms with Crippen molar-refractivity contribution < 1.29 is 13.6 Å². The predicted molar refractivity (Wildman–Crippen MR) is 69.0 cm³/mol. The molecule has 0 atom stereocenters. The molecule has 0 unspecified atom stereocenters. The third-order valence-electron chi connectivity index (χ3n) is 2.04. The van der Waals surface area contributed by atoms with Gasteiger partial charge in [-0.05, 0) is 19.8 Å². The molecule has 0 aliphatic carbocycles. The summed E-state index contributed by atoms with van der Waals surface area (Å²) in [4.78, 5) is 0. The fourth-order valence-corrected chi connectivity index (χ4v) is 2.89. The van der Waals surface area contributed by atoms with E-state index in [0.717, 1.165) is 31.3 Å². The van der Waals surface area contributed by atoms with Gasteiger partial charge in [-0.1, -0.05) is 38.8 Å². The van der Waals surface area contributed by atoms with E-state index in [1.165, 1.54) is 0 Å². The van der Waals surface area contributed by atoms with E-state index < -0.39 is 7.60 Å². The molecule has 0 aliphatic heterocycles. The quantitative estimate of drug-likeness (QED) is 0.327. The minimum absolute atomic E-state index is 0.334. The average molecular weight is 248 g/mol. The molecule has 0 aromatic carbocycles. The Balaban J connectivity index is 4.13. The van der Waals surface area contributed by atoms with Crippen LogP contribution in [0.15, 0.2) is 12.2 Å². The lowest BCUT2D eigenvalue weighted by atomic mass is 10.4. The zero-order chi connectivity index (χ0) is 12.4. The largest absolute Gasteiger partial charge is 0.334 e. The van der Waals surface area contributed by atoms with Crippen molar-refractivity contribution in [3.63, 3.8) is 0 Å². The summed E-state index contributed by atoms with van der Waals surface area (Å²) in [6, 6.07) is 0. The summed E-state index contributed by atoms with van der Waals surface area (Å²) in [5.41, 5.74) is 0.844. The van der Waals surface area contributed by atoms with Crippen LogP contribution in [0, 0.1) is 0 Å². The van der Waals surface area contributed by atoms with E-state index in [1.54, 1.807) is 0 Å². The third-order valence-corrected chi connectivity index (χ3v) is 4.11. The molecule has 0 rings (SSSR count). The van der Waals surface area contributed by atoms with E-state index in [0.29, 0.717) is 19.4 Å². The molecule has 0 fully saturated rings. The molecule has 0 bridgehead atoms. The number of hydrogen-bond acceptors (Lipinski definition) is 3. The van der Waals surface area contributed by atoms with E-state index >= 15 is 0 Å². The maximum absolute atomic E-state index is 12.3. The van der Waals surface area contributed by atoms with Crippen LogP contribution in [-0.4, -0.2) is 19.4 Å². The van der Waals surface area contributed by atoms with Crippen molar-refractivity contribution in [2.24, 2.45) is 0 Å². The van der Waals surface area contributed by atoms with Crippen LogP contribution >= 0.6 is 7.60 Å². The second-order valence-electron chi connectivity index (χ2n) is 4.10. The van der Waals surface area contributed by atoms with Gasteiger partial charge in [0, 0.05) is 0 Å². The van der Waals surface area contributed by atoms with Gasteiger partial charge in [-0.15, -0.1) is 0 Å². The van der Waals surface area contributed by atoms with Crippen LogP contribution in [0.2, 0.25) is 0 Å². The molecule has 0 aliphatic rings. The van der Waals surface area contributed by atoms with Crippen LogP contribution in [0.25, 0.3) is 0 Å². The Labute approximate surface area is 99.8 Å². The Kier molecular flexibility index (Phi) is 8.91. The summed E-state index contributed by atoms with van der Waals surface area (Å²) in [5.74, 6) is 0. The first-order valence-corrected chi connectivity index (χ1v) is 7.79. The fraction of sp³-hybridized carbons (Fsp3) is 0.833. The van der Waals surface area contributed by atoms with Crippen LogP contribution in [0.1, 0.15) is 46.5 Å². The van der Waals surface area contributed by atoms with Crippen LogP contribution in [0.4, 0.5) is 0 Å². The average Bonchev–Trinajstić information content (AvgIpc) is 2.17. The van der Waals surface area contributed by atoms with Crippen LogP contribution in [0.3, 0.4) is 0 Å². The van der Waals surface area contributed by atoms with E-state index in [4.69, 9.17) is 9.05 Å². The molecule has 0 aromatic heterocycles. The second-order valence-corrected chi connectivity index (χ2v) is 6.15. The van der Waals surface area contributed by atoms with Gasteiger partial charge in [-0.3, -0.25) is 4.57 Å². The van der Waals surface area contributed by atoms with Gasteiger partial charge in [0.05, 0.1) is 19.4 Å². The first-order valence-electron chi connectivity index (χ1n) is 6.06. The van der Waals surface area contributed by atoms with Gasteiger partial charge in [0.1, 0.15) is 0 Å². The molecule has 0 N–H and O–H groups in total. The van der Waals surface area contributed by atoms with E-state index in [-0.39, 0.29) is 0 Å². The summed E-state index contributed by atoms with van der Waals surface area (Å²) in [6.45, 7) is 10.8. The zero-order valence-corrected chi connectivity index (χ0v) is 11.7. The van der Waals surface area contributed by atoms with Crippen molar-refractivity contribution in [3.05, 3.63) is 12.2 Å². The van der Waals surface area contributed by atoms with Gasteiger partial charge < -0.3 is 9.05 Å². The Hall–Kier alpha value is -0.110. The van der Waals surface area contributed by atoms with Gasteiger partial charge >= 0.3 is 7.60 Å². The molecule has 0 heterocycles. The van der Waals surface area contributed by atoms with Crippen molar-refractivity contribution in [2.45, 2.75) is 46.5 Å². The van der Waals surface area contributed by atoms with Gasteiger partial charge in [0.2, 0.25) is 0 Å². The first-order chi connectivity index (χ1) is 7.54. The lowest BCUT2D eigenvalue weighted by molar-refractivity contribution is 0.201. The van der Waals surface area contributed by atoms with E-state index in [2.05, 4.69) is 20.4 Å². The number of rotatable bonds is 10. The van der Waals surface area contributed by atoms with Crippen LogP contribution < -0.4 is 0 Å². The highest BCUT2D eigenvalue weighted by molar-refractivity contribution is 7.54. The molecule has 4 heteroatoms. The smallest absolute Gasteiger partial charge is 0.308 e. The Morgan fingerprint density at radius 1 is 1.12 bits per heavy atom. The molecular formula is C12H25O3P. The first kappa shape index (κ1) is 15.9. The predicted octanol–water partition coefficient (Wildman–Crippen LogP) is 4.39. The molecule has 0 saturated heterocycles. The van der Waals surface area contributed by atoms with E-state index in [9.17, 15) is 4.57 Å². The lowest BCUT2D eigenvalue weighted by Gasteiger charge is -2.18. The van der Waals surface area contributed by atoms with Crippen LogP contribution in [0.5, 0.6) is 0 Å². The van der Waals surface area contributed by atoms with Gasteiger partial charge in [-0.25, -0.2) is 0 Å². The van der Waals surface area contributed by atoms with Crippen molar-refractivity contribution in [3.8, 4) is 0 Å². The van der Waals surface area contributed by atoms with Crippen molar-refractivity contribution >= 4 is 7.60 Å².